The van der Waals surface area contributed by atoms with Crippen molar-refractivity contribution in [2.45, 2.75) is 19.4 Å². The minimum atomic E-state index is -0.257. The number of hydrogen-bond donors (Lipinski definition) is 1. The molecule has 2 nitrogen and oxygen atoms in total. The highest BCUT2D eigenvalue weighted by Gasteiger charge is 2.10. The maximum absolute atomic E-state index is 13.0. The number of nitrogens with one attached hydrogen (secondary N) is 1. The molecule has 1 unspecified atom stereocenters. The summed E-state index contributed by atoms with van der Waals surface area (Å²) in [7, 11) is 0. The zero-order valence-electron chi connectivity index (χ0n) is 9.03. The summed E-state index contributed by atoms with van der Waals surface area (Å²) < 4.78 is 15.7. The summed E-state index contributed by atoms with van der Waals surface area (Å²) in [5.74, 6) is -0.257. The normalized spacial score (nSPS) is 12.9. The smallest absolute Gasteiger partial charge is 0.178 e. The Balaban J connectivity index is 2.64. The molecule has 84 valence electrons. The van der Waals surface area contributed by atoms with Crippen LogP contribution in [0.5, 0.6) is 0 Å². The maximum Gasteiger partial charge on any atom is 0.178 e. The Labute approximate surface area is 98.4 Å². The summed E-state index contributed by atoms with van der Waals surface area (Å²) in [5, 5.41) is 0. The Morgan fingerprint density at radius 3 is 3.06 bits per heavy atom. The second kappa shape index (κ2) is 4.22. The Morgan fingerprint density at radius 1 is 1.62 bits per heavy atom. The highest BCUT2D eigenvalue weighted by Crippen LogP contribution is 2.21. The fraction of sp³-hybridized carbons (Fsp3) is 0.250. The third-order valence-corrected chi connectivity index (χ3v) is 2.93. The molecular formula is C12H13FN2S. The minimum absolute atomic E-state index is 0.226. The lowest BCUT2D eigenvalue weighted by atomic mass is 10.2. The molecule has 2 aromatic rings. The second-order valence-electron chi connectivity index (χ2n) is 3.84. The van der Waals surface area contributed by atoms with Crippen LogP contribution >= 0.6 is 12.2 Å². The molecule has 0 saturated carbocycles. The van der Waals surface area contributed by atoms with Crippen molar-refractivity contribution >= 4 is 23.3 Å². The lowest BCUT2D eigenvalue weighted by Crippen LogP contribution is -2.03. The van der Waals surface area contributed by atoms with Crippen LogP contribution < -0.4 is 0 Å². The number of hydrogen-bond acceptors (Lipinski definition) is 1. The van der Waals surface area contributed by atoms with Crippen molar-refractivity contribution in [3.8, 4) is 0 Å². The number of rotatable bonds is 3. The Bertz CT molecular complexity index is 582. The molecule has 0 saturated heterocycles. The molecule has 0 radical (unpaired) electrons. The summed E-state index contributed by atoms with van der Waals surface area (Å²) in [6.07, 6.45) is 2.69. The maximum atomic E-state index is 13.0. The van der Waals surface area contributed by atoms with E-state index in [1.54, 1.807) is 6.07 Å². The first-order valence-electron chi connectivity index (χ1n) is 5.14. The predicted octanol–water partition coefficient (Wildman–Crippen LogP) is 3.98. The van der Waals surface area contributed by atoms with Crippen LogP contribution in [0.25, 0.3) is 11.0 Å². The van der Waals surface area contributed by atoms with Gasteiger partial charge in [-0.25, -0.2) is 4.39 Å². The first-order valence-corrected chi connectivity index (χ1v) is 5.55. The third kappa shape index (κ3) is 1.80. The summed E-state index contributed by atoms with van der Waals surface area (Å²) in [5.41, 5.74) is 1.67. The number of H-pyrrole nitrogens is 1. The van der Waals surface area contributed by atoms with Crippen LogP contribution in [0.1, 0.15) is 19.4 Å². The average Bonchev–Trinajstić information content (AvgIpc) is 2.53. The van der Waals surface area contributed by atoms with E-state index in [1.807, 2.05) is 10.6 Å². The van der Waals surface area contributed by atoms with Gasteiger partial charge in [0.15, 0.2) is 4.77 Å². The quantitative estimate of drug-likeness (QED) is 0.631. The zero-order chi connectivity index (χ0) is 11.7. The zero-order valence-corrected chi connectivity index (χ0v) is 9.85. The van der Waals surface area contributed by atoms with Crippen LogP contribution in [0.15, 0.2) is 30.9 Å². The predicted molar refractivity (Wildman–Crippen MR) is 66.6 cm³/mol. The van der Waals surface area contributed by atoms with E-state index in [9.17, 15) is 4.39 Å². The minimum Gasteiger partial charge on any atom is -0.330 e. The van der Waals surface area contributed by atoms with Gasteiger partial charge in [0.1, 0.15) is 5.82 Å². The van der Waals surface area contributed by atoms with Gasteiger partial charge >= 0.3 is 0 Å². The van der Waals surface area contributed by atoms with Gasteiger partial charge in [0.2, 0.25) is 0 Å². The molecule has 0 aliphatic carbocycles. The van der Waals surface area contributed by atoms with Gasteiger partial charge in [-0.1, -0.05) is 6.08 Å². The SMILES string of the molecule is C=CCC(C)n1c(=S)[nH]c2cc(F)ccc21. The van der Waals surface area contributed by atoms with Crippen LogP contribution in [-0.2, 0) is 0 Å². The van der Waals surface area contributed by atoms with Crippen molar-refractivity contribution in [3.05, 3.63) is 41.4 Å². The number of fused-ring (bicyclic) bond motifs is 1. The molecule has 1 heterocycles. The summed E-state index contributed by atoms with van der Waals surface area (Å²) >= 11 is 5.24. The molecule has 0 spiro atoms. The van der Waals surface area contributed by atoms with Crippen LogP contribution in [-0.4, -0.2) is 9.55 Å². The van der Waals surface area contributed by atoms with Gasteiger partial charge in [0, 0.05) is 6.04 Å². The van der Waals surface area contributed by atoms with E-state index in [0.29, 0.717) is 4.77 Å². The van der Waals surface area contributed by atoms with Gasteiger partial charge in [-0.2, -0.15) is 0 Å². The van der Waals surface area contributed by atoms with E-state index in [4.69, 9.17) is 12.2 Å². The van der Waals surface area contributed by atoms with Crippen molar-refractivity contribution < 1.29 is 4.39 Å². The second-order valence-corrected chi connectivity index (χ2v) is 4.22. The van der Waals surface area contributed by atoms with Gasteiger partial charge in [0.05, 0.1) is 11.0 Å². The van der Waals surface area contributed by atoms with Gasteiger partial charge in [-0.15, -0.1) is 6.58 Å². The van der Waals surface area contributed by atoms with E-state index in [0.717, 1.165) is 17.5 Å². The van der Waals surface area contributed by atoms with Crippen molar-refractivity contribution in [2.75, 3.05) is 0 Å². The molecule has 1 N–H and O–H groups in total. The van der Waals surface area contributed by atoms with E-state index >= 15 is 0 Å². The monoisotopic (exact) mass is 236 g/mol. The number of aromatic nitrogens is 2. The number of allylic oxidation sites excluding steroid dienone is 1. The number of benzene rings is 1. The lowest BCUT2D eigenvalue weighted by Gasteiger charge is -2.11. The van der Waals surface area contributed by atoms with Gasteiger partial charge in [0.25, 0.3) is 0 Å². The fourth-order valence-electron chi connectivity index (χ4n) is 1.89. The molecule has 1 aromatic carbocycles. The molecule has 0 aliphatic rings. The first-order chi connectivity index (χ1) is 7.63. The van der Waals surface area contributed by atoms with Gasteiger partial charge in [-0.05, 0) is 43.8 Å². The molecule has 0 fully saturated rings. The molecule has 0 amide bonds. The lowest BCUT2D eigenvalue weighted by molar-refractivity contribution is 0.563. The number of halogens is 1. The van der Waals surface area contributed by atoms with Crippen molar-refractivity contribution in [1.82, 2.24) is 9.55 Å². The first kappa shape index (κ1) is 11.1. The molecule has 2 rings (SSSR count). The van der Waals surface area contributed by atoms with Crippen LogP contribution in [0.4, 0.5) is 4.39 Å². The number of aromatic amines is 1. The highest BCUT2D eigenvalue weighted by molar-refractivity contribution is 7.71. The molecule has 1 atom stereocenters. The topological polar surface area (TPSA) is 20.7 Å². The summed E-state index contributed by atoms with van der Waals surface area (Å²) in [4.78, 5) is 3.01. The average molecular weight is 236 g/mol. The van der Waals surface area contributed by atoms with E-state index in [2.05, 4.69) is 18.5 Å². The molecule has 4 heteroatoms. The highest BCUT2D eigenvalue weighted by atomic mass is 32.1. The van der Waals surface area contributed by atoms with E-state index in [1.165, 1.54) is 12.1 Å². The summed E-state index contributed by atoms with van der Waals surface area (Å²) in [6, 6.07) is 4.88. The van der Waals surface area contributed by atoms with Crippen LogP contribution in [0.2, 0.25) is 0 Å². The van der Waals surface area contributed by atoms with Crippen LogP contribution in [0.3, 0.4) is 0 Å². The van der Waals surface area contributed by atoms with E-state index in [-0.39, 0.29) is 11.9 Å². The molecule has 1 aromatic heterocycles. The Morgan fingerprint density at radius 2 is 2.38 bits per heavy atom. The molecule has 0 aliphatic heterocycles. The third-order valence-electron chi connectivity index (χ3n) is 2.63. The van der Waals surface area contributed by atoms with Gasteiger partial charge in [-0.3, -0.25) is 0 Å². The standard InChI is InChI=1S/C12H13FN2S/c1-3-4-8(2)15-11-6-5-9(13)7-10(11)14-12(15)16/h3,5-8H,1,4H2,2H3,(H,14,16). The van der Waals surface area contributed by atoms with Crippen molar-refractivity contribution in [2.24, 2.45) is 0 Å². The van der Waals surface area contributed by atoms with Gasteiger partial charge < -0.3 is 9.55 Å². The number of nitrogens with zero attached hydrogens (tertiary/aromatic N) is 1. The molecule has 16 heavy (non-hydrogen) atoms. The molecular weight excluding hydrogens is 223 g/mol. The fourth-order valence-corrected chi connectivity index (χ4v) is 2.28. The largest absolute Gasteiger partial charge is 0.330 e. The Hall–Kier alpha value is -1.42. The van der Waals surface area contributed by atoms with Crippen LogP contribution in [0, 0.1) is 10.6 Å². The van der Waals surface area contributed by atoms with Crippen molar-refractivity contribution in [1.29, 1.82) is 0 Å². The van der Waals surface area contributed by atoms with E-state index < -0.39 is 0 Å². The summed E-state index contributed by atoms with van der Waals surface area (Å²) in [6.45, 7) is 5.78. The number of imidazole rings is 1. The Kier molecular flexibility index (Phi) is 2.92. The molecule has 0 bridgehead atoms. The van der Waals surface area contributed by atoms with Crippen molar-refractivity contribution in [3.63, 3.8) is 0 Å².